The number of aromatic nitrogens is 4. The number of ether oxygens (including phenoxy) is 1. The van der Waals surface area contributed by atoms with Gasteiger partial charge >= 0.3 is 0 Å². The summed E-state index contributed by atoms with van der Waals surface area (Å²) in [6, 6.07) is 17.7. The molecule has 7 heteroatoms. The molecule has 2 aromatic carbocycles. The summed E-state index contributed by atoms with van der Waals surface area (Å²) >= 11 is 0. The van der Waals surface area contributed by atoms with E-state index in [0.29, 0.717) is 24.3 Å². The topological polar surface area (TPSA) is 65.2 Å². The van der Waals surface area contributed by atoms with Gasteiger partial charge in [0, 0.05) is 44.2 Å². The van der Waals surface area contributed by atoms with E-state index in [9.17, 15) is 4.79 Å². The van der Waals surface area contributed by atoms with Gasteiger partial charge in [-0.3, -0.25) is 14.2 Å². The average Bonchev–Trinajstić information content (AvgIpc) is 3.40. The Morgan fingerprint density at radius 2 is 1.77 bits per heavy atom. The second-order valence-electron chi connectivity index (χ2n) is 7.49. The third-order valence-corrected chi connectivity index (χ3v) is 5.07. The lowest BCUT2D eigenvalue weighted by Gasteiger charge is -2.16. The number of benzene rings is 2. The molecule has 0 aliphatic rings. The second kappa shape index (κ2) is 8.87. The molecule has 1 amide bonds. The second-order valence-corrected chi connectivity index (χ2v) is 7.49. The molecular formula is C24H25N5O2. The van der Waals surface area contributed by atoms with E-state index in [1.165, 1.54) is 0 Å². The molecular weight excluding hydrogens is 390 g/mol. The van der Waals surface area contributed by atoms with Crippen LogP contribution in [0.4, 0.5) is 0 Å². The minimum absolute atomic E-state index is 0.0889. The van der Waals surface area contributed by atoms with E-state index in [0.717, 1.165) is 22.4 Å². The first kappa shape index (κ1) is 20.4. The molecule has 0 radical (unpaired) electrons. The maximum Gasteiger partial charge on any atom is 0.257 e. The van der Waals surface area contributed by atoms with Gasteiger partial charge in [0.05, 0.1) is 25.4 Å². The maximum atomic E-state index is 13.4. The fourth-order valence-electron chi connectivity index (χ4n) is 3.50. The zero-order valence-electron chi connectivity index (χ0n) is 17.9. The Labute approximate surface area is 181 Å². The fourth-order valence-corrected chi connectivity index (χ4v) is 3.50. The SMILES string of the molecule is COc1ccc(-c2nn(Cc3ccccc3)cc2C(=O)N(C)Cc2cnn(C)c2)cc1. The summed E-state index contributed by atoms with van der Waals surface area (Å²) in [5, 5.41) is 8.94. The van der Waals surface area contributed by atoms with E-state index >= 15 is 0 Å². The summed E-state index contributed by atoms with van der Waals surface area (Å²) < 4.78 is 8.81. The van der Waals surface area contributed by atoms with E-state index in [1.807, 2.05) is 78.7 Å². The first-order valence-electron chi connectivity index (χ1n) is 10.0. The fraction of sp³-hybridized carbons (Fsp3) is 0.208. The Bertz CT molecular complexity index is 1160. The Kier molecular flexibility index (Phi) is 5.84. The third-order valence-electron chi connectivity index (χ3n) is 5.07. The summed E-state index contributed by atoms with van der Waals surface area (Å²) in [7, 11) is 5.29. The molecule has 2 aromatic heterocycles. The van der Waals surface area contributed by atoms with Crippen LogP contribution in [0.1, 0.15) is 21.5 Å². The zero-order chi connectivity index (χ0) is 21.8. The van der Waals surface area contributed by atoms with Gasteiger partial charge in [0.25, 0.3) is 5.91 Å². The largest absolute Gasteiger partial charge is 0.497 e. The van der Waals surface area contributed by atoms with Crippen LogP contribution in [-0.2, 0) is 20.1 Å². The summed E-state index contributed by atoms with van der Waals surface area (Å²) in [4.78, 5) is 15.0. The lowest BCUT2D eigenvalue weighted by molar-refractivity contribution is 0.0785. The van der Waals surface area contributed by atoms with Gasteiger partial charge in [-0.2, -0.15) is 10.2 Å². The Hall–Kier alpha value is -3.87. The molecule has 4 rings (SSSR count). The highest BCUT2D eigenvalue weighted by molar-refractivity contribution is 5.99. The number of rotatable bonds is 7. The standard InChI is InChI=1S/C24H25N5O2/c1-27(14-19-13-25-28(2)15-19)24(30)22-17-29(16-18-7-5-4-6-8-18)26-23(22)20-9-11-21(31-3)12-10-20/h4-13,15,17H,14,16H2,1-3H3. The Morgan fingerprint density at radius 1 is 1.03 bits per heavy atom. The average molecular weight is 415 g/mol. The number of carbonyl (C=O) groups is 1. The number of methoxy groups -OCH3 is 1. The molecule has 7 nitrogen and oxygen atoms in total. The van der Waals surface area contributed by atoms with Gasteiger partial charge in [0.15, 0.2) is 0 Å². The van der Waals surface area contributed by atoms with Gasteiger partial charge in [-0.15, -0.1) is 0 Å². The van der Waals surface area contributed by atoms with E-state index in [1.54, 1.807) is 29.9 Å². The first-order valence-corrected chi connectivity index (χ1v) is 10.0. The van der Waals surface area contributed by atoms with Crippen LogP contribution >= 0.6 is 0 Å². The van der Waals surface area contributed by atoms with Crippen molar-refractivity contribution >= 4 is 5.91 Å². The van der Waals surface area contributed by atoms with Gasteiger partial charge in [-0.05, 0) is 29.8 Å². The molecule has 0 saturated carbocycles. The molecule has 158 valence electrons. The zero-order valence-corrected chi connectivity index (χ0v) is 17.9. The quantitative estimate of drug-likeness (QED) is 0.463. The van der Waals surface area contributed by atoms with Crippen molar-refractivity contribution in [3.05, 3.63) is 89.9 Å². The normalized spacial score (nSPS) is 10.8. The van der Waals surface area contributed by atoms with Crippen molar-refractivity contribution in [2.45, 2.75) is 13.1 Å². The molecule has 0 atom stereocenters. The number of carbonyl (C=O) groups excluding carboxylic acids is 1. The van der Waals surface area contributed by atoms with Crippen molar-refractivity contribution in [2.24, 2.45) is 7.05 Å². The lowest BCUT2D eigenvalue weighted by atomic mass is 10.1. The van der Waals surface area contributed by atoms with Crippen molar-refractivity contribution in [2.75, 3.05) is 14.2 Å². The maximum absolute atomic E-state index is 13.4. The summed E-state index contributed by atoms with van der Waals surface area (Å²) in [5.41, 5.74) is 4.18. The van der Waals surface area contributed by atoms with Crippen LogP contribution in [0.3, 0.4) is 0 Å². The minimum atomic E-state index is -0.0889. The Morgan fingerprint density at radius 3 is 2.42 bits per heavy atom. The molecule has 0 N–H and O–H groups in total. The number of nitrogens with zero attached hydrogens (tertiary/aromatic N) is 5. The van der Waals surface area contributed by atoms with Crippen molar-refractivity contribution < 1.29 is 9.53 Å². The first-order chi connectivity index (χ1) is 15.0. The Balaban J connectivity index is 1.66. The van der Waals surface area contributed by atoms with Crippen LogP contribution < -0.4 is 4.74 Å². The molecule has 0 fully saturated rings. The molecule has 0 unspecified atom stereocenters. The molecule has 0 bridgehead atoms. The summed E-state index contributed by atoms with van der Waals surface area (Å²) in [6.07, 6.45) is 5.51. The number of amides is 1. The molecule has 2 heterocycles. The monoisotopic (exact) mass is 415 g/mol. The highest BCUT2D eigenvalue weighted by Crippen LogP contribution is 2.26. The van der Waals surface area contributed by atoms with Crippen molar-refractivity contribution in [1.82, 2.24) is 24.5 Å². The molecule has 0 aliphatic carbocycles. The predicted molar refractivity (Wildman–Crippen MR) is 119 cm³/mol. The van der Waals surface area contributed by atoms with Crippen LogP contribution in [0.15, 0.2) is 73.2 Å². The van der Waals surface area contributed by atoms with E-state index in [2.05, 4.69) is 5.10 Å². The third kappa shape index (κ3) is 4.66. The smallest absolute Gasteiger partial charge is 0.257 e. The van der Waals surface area contributed by atoms with Crippen molar-refractivity contribution in [3.8, 4) is 17.0 Å². The van der Waals surface area contributed by atoms with Crippen LogP contribution in [-0.4, -0.2) is 44.5 Å². The lowest BCUT2D eigenvalue weighted by Crippen LogP contribution is -2.26. The summed E-state index contributed by atoms with van der Waals surface area (Å²) in [5.74, 6) is 0.669. The number of hydrogen-bond acceptors (Lipinski definition) is 4. The van der Waals surface area contributed by atoms with E-state index < -0.39 is 0 Å². The number of aryl methyl sites for hydroxylation is 1. The highest BCUT2D eigenvalue weighted by Gasteiger charge is 2.22. The van der Waals surface area contributed by atoms with Gasteiger partial charge in [-0.1, -0.05) is 30.3 Å². The summed E-state index contributed by atoms with van der Waals surface area (Å²) in [6.45, 7) is 1.06. The molecule has 4 aromatic rings. The predicted octanol–water partition coefficient (Wildman–Crippen LogP) is 3.61. The van der Waals surface area contributed by atoms with Gasteiger partial charge in [0.1, 0.15) is 11.4 Å². The molecule has 31 heavy (non-hydrogen) atoms. The highest BCUT2D eigenvalue weighted by atomic mass is 16.5. The molecule has 0 saturated heterocycles. The van der Waals surface area contributed by atoms with Gasteiger partial charge in [0.2, 0.25) is 0 Å². The van der Waals surface area contributed by atoms with Crippen molar-refractivity contribution in [3.63, 3.8) is 0 Å². The van der Waals surface area contributed by atoms with Crippen LogP contribution in [0.25, 0.3) is 11.3 Å². The minimum Gasteiger partial charge on any atom is -0.497 e. The van der Waals surface area contributed by atoms with Crippen LogP contribution in [0.2, 0.25) is 0 Å². The van der Waals surface area contributed by atoms with E-state index in [-0.39, 0.29) is 5.91 Å². The molecule has 0 spiro atoms. The van der Waals surface area contributed by atoms with Crippen LogP contribution in [0.5, 0.6) is 5.75 Å². The van der Waals surface area contributed by atoms with Gasteiger partial charge < -0.3 is 9.64 Å². The van der Waals surface area contributed by atoms with Crippen molar-refractivity contribution in [1.29, 1.82) is 0 Å². The van der Waals surface area contributed by atoms with E-state index in [4.69, 9.17) is 9.84 Å². The van der Waals surface area contributed by atoms with Crippen LogP contribution in [0, 0.1) is 0 Å². The molecule has 0 aliphatic heterocycles. The number of hydrogen-bond donors (Lipinski definition) is 0. The van der Waals surface area contributed by atoms with Gasteiger partial charge in [-0.25, -0.2) is 0 Å².